The molecule has 0 fully saturated rings. The minimum Gasteiger partial charge on any atom is -0.496 e. The third-order valence-corrected chi connectivity index (χ3v) is 4.66. The number of hydrogen-bond donors (Lipinski definition) is 1. The maximum absolute atomic E-state index is 5.39. The summed E-state index contributed by atoms with van der Waals surface area (Å²) < 4.78 is 16.1. The van der Waals surface area contributed by atoms with Crippen molar-refractivity contribution in [3.63, 3.8) is 0 Å². The van der Waals surface area contributed by atoms with Gasteiger partial charge in [0.1, 0.15) is 5.75 Å². The monoisotopic (exact) mass is 329 g/mol. The molecule has 0 radical (unpaired) electrons. The average Bonchev–Trinajstić information content (AvgIpc) is 3.16. The minimum absolute atomic E-state index is 0.268. The summed E-state index contributed by atoms with van der Waals surface area (Å²) >= 11 is 1.60. The highest BCUT2D eigenvalue weighted by Gasteiger charge is 2.16. The Labute approximate surface area is 137 Å². The van der Waals surface area contributed by atoms with E-state index in [1.165, 1.54) is 0 Å². The van der Waals surface area contributed by atoms with Crippen LogP contribution in [-0.2, 0) is 5.75 Å². The van der Waals surface area contributed by atoms with Crippen molar-refractivity contribution in [1.29, 1.82) is 0 Å². The van der Waals surface area contributed by atoms with Gasteiger partial charge in [0.25, 0.3) is 0 Å². The number of benzene rings is 1. The Morgan fingerprint density at radius 3 is 2.96 bits per heavy atom. The van der Waals surface area contributed by atoms with Gasteiger partial charge in [0.2, 0.25) is 6.79 Å². The van der Waals surface area contributed by atoms with E-state index in [4.69, 9.17) is 14.2 Å². The molecule has 0 amide bonds. The van der Waals surface area contributed by atoms with Crippen LogP contribution >= 0.6 is 11.8 Å². The Balaban J connectivity index is 1.57. The fourth-order valence-corrected chi connectivity index (χ4v) is 3.42. The van der Waals surface area contributed by atoms with E-state index in [1.807, 2.05) is 25.1 Å². The summed E-state index contributed by atoms with van der Waals surface area (Å²) in [5.41, 5.74) is 3.85. The van der Waals surface area contributed by atoms with Gasteiger partial charge < -0.3 is 19.2 Å². The number of aromatic nitrogens is 3. The van der Waals surface area contributed by atoms with Gasteiger partial charge in [-0.15, -0.1) is 0 Å². The number of nitrogens with one attached hydrogen (secondary N) is 1. The van der Waals surface area contributed by atoms with Gasteiger partial charge in [-0.25, -0.2) is 4.98 Å². The van der Waals surface area contributed by atoms with E-state index in [9.17, 15) is 0 Å². The summed E-state index contributed by atoms with van der Waals surface area (Å²) in [6.45, 7) is 2.28. The Morgan fingerprint density at radius 2 is 2.13 bits per heavy atom. The molecule has 1 aliphatic rings. The van der Waals surface area contributed by atoms with Crippen LogP contribution in [0.25, 0.3) is 11.0 Å². The van der Waals surface area contributed by atoms with Crippen molar-refractivity contribution in [1.82, 2.24) is 15.0 Å². The van der Waals surface area contributed by atoms with Gasteiger partial charge >= 0.3 is 0 Å². The molecule has 3 heterocycles. The van der Waals surface area contributed by atoms with E-state index >= 15 is 0 Å². The van der Waals surface area contributed by atoms with Crippen LogP contribution in [-0.4, -0.2) is 28.9 Å². The molecule has 7 heteroatoms. The normalized spacial score (nSPS) is 12.8. The summed E-state index contributed by atoms with van der Waals surface area (Å²) in [5, 5.41) is 0.840. The van der Waals surface area contributed by atoms with Gasteiger partial charge in [-0.2, -0.15) is 0 Å². The number of fused-ring (bicyclic) bond motifs is 2. The molecular weight excluding hydrogens is 314 g/mol. The number of ether oxygens (including phenoxy) is 3. The number of nitrogens with zero attached hydrogens (tertiary/aromatic N) is 2. The van der Waals surface area contributed by atoms with Crippen molar-refractivity contribution in [3.05, 3.63) is 35.7 Å². The molecule has 6 nitrogen and oxygen atoms in total. The van der Waals surface area contributed by atoms with Crippen molar-refractivity contribution in [3.8, 4) is 17.2 Å². The number of H-pyrrole nitrogens is 1. The number of rotatable bonds is 4. The second kappa shape index (κ2) is 5.66. The Hall–Kier alpha value is -2.41. The smallest absolute Gasteiger partial charge is 0.231 e. The predicted molar refractivity (Wildman–Crippen MR) is 87.3 cm³/mol. The van der Waals surface area contributed by atoms with Crippen LogP contribution in [0.4, 0.5) is 0 Å². The highest BCUT2D eigenvalue weighted by atomic mass is 32.2. The van der Waals surface area contributed by atoms with Crippen molar-refractivity contribution in [2.75, 3.05) is 13.9 Å². The lowest BCUT2D eigenvalue weighted by Gasteiger charge is -2.08. The number of pyridine rings is 1. The lowest BCUT2D eigenvalue weighted by Crippen LogP contribution is -1.95. The molecule has 0 saturated carbocycles. The fourth-order valence-electron chi connectivity index (χ4n) is 2.51. The molecule has 23 heavy (non-hydrogen) atoms. The first-order valence-corrected chi connectivity index (χ1v) is 8.14. The van der Waals surface area contributed by atoms with Crippen LogP contribution in [0, 0.1) is 6.92 Å². The number of thioether (sulfide) groups is 1. The van der Waals surface area contributed by atoms with Gasteiger partial charge in [-0.3, -0.25) is 4.98 Å². The standard InChI is InChI=1S/C16H15N3O3S/c1-9-12(17-4-3-13(9)20-2)7-23-16-18-10-5-14-15(22-8-21-14)6-11(10)19-16/h3-6H,7-8H2,1-2H3,(H,18,19). The first-order valence-electron chi connectivity index (χ1n) is 7.15. The molecule has 1 aliphatic heterocycles. The molecule has 0 unspecified atom stereocenters. The number of aromatic amines is 1. The summed E-state index contributed by atoms with van der Waals surface area (Å²) in [6.07, 6.45) is 1.76. The molecule has 0 spiro atoms. The third kappa shape index (κ3) is 2.57. The number of hydrogen-bond acceptors (Lipinski definition) is 6. The second-order valence-corrected chi connectivity index (χ2v) is 6.10. The molecule has 0 saturated heterocycles. The molecule has 3 aromatic rings. The van der Waals surface area contributed by atoms with E-state index in [2.05, 4.69) is 15.0 Å². The highest BCUT2D eigenvalue weighted by molar-refractivity contribution is 7.98. The van der Waals surface area contributed by atoms with Crippen LogP contribution in [0.3, 0.4) is 0 Å². The average molecular weight is 329 g/mol. The molecule has 0 aliphatic carbocycles. The van der Waals surface area contributed by atoms with Crippen LogP contribution < -0.4 is 14.2 Å². The molecule has 0 atom stereocenters. The van der Waals surface area contributed by atoms with Crippen LogP contribution in [0.5, 0.6) is 17.2 Å². The van der Waals surface area contributed by atoms with Crippen LogP contribution in [0.2, 0.25) is 0 Å². The van der Waals surface area contributed by atoms with Gasteiger partial charge in [-0.1, -0.05) is 11.8 Å². The summed E-state index contributed by atoms with van der Waals surface area (Å²) in [5.74, 6) is 3.06. The van der Waals surface area contributed by atoms with Crippen molar-refractivity contribution >= 4 is 22.8 Å². The fraction of sp³-hybridized carbons (Fsp3) is 0.250. The topological polar surface area (TPSA) is 69.3 Å². The first kappa shape index (κ1) is 14.2. The van der Waals surface area contributed by atoms with E-state index in [0.717, 1.165) is 50.4 Å². The SMILES string of the molecule is COc1ccnc(CSc2nc3cc4c(cc3[nH]2)OCO4)c1C. The Kier molecular flexibility index (Phi) is 3.49. The molecule has 4 rings (SSSR count). The lowest BCUT2D eigenvalue weighted by atomic mass is 10.2. The molecule has 1 aromatic carbocycles. The van der Waals surface area contributed by atoms with E-state index < -0.39 is 0 Å². The third-order valence-electron chi connectivity index (χ3n) is 3.78. The number of methoxy groups -OCH3 is 1. The molecule has 0 bridgehead atoms. The van der Waals surface area contributed by atoms with Crippen molar-refractivity contribution in [2.24, 2.45) is 0 Å². The second-order valence-electron chi connectivity index (χ2n) is 5.14. The molecular formula is C16H15N3O3S. The largest absolute Gasteiger partial charge is 0.496 e. The summed E-state index contributed by atoms with van der Waals surface area (Å²) in [7, 11) is 1.67. The Morgan fingerprint density at radius 1 is 1.30 bits per heavy atom. The zero-order valence-corrected chi connectivity index (χ0v) is 13.6. The highest BCUT2D eigenvalue weighted by Crippen LogP contribution is 2.36. The quantitative estimate of drug-likeness (QED) is 0.741. The molecule has 2 aromatic heterocycles. The summed E-state index contributed by atoms with van der Waals surface area (Å²) in [6, 6.07) is 5.68. The van der Waals surface area contributed by atoms with Gasteiger partial charge in [0.05, 0.1) is 23.8 Å². The predicted octanol–water partition coefficient (Wildman–Crippen LogP) is 3.30. The van der Waals surface area contributed by atoms with E-state index in [0.29, 0.717) is 0 Å². The maximum Gasteiger partial charge on any atom is 0.231 e. The lowest BCUT2D eigenvalue weighted by molar-refractivity contribution is 0.174. The first-order chi connectivity index (χ1) is 11.2. The molecule has 1 N–H and O–H groups in total. The number of imidazole rings is 1. The Bertz CT molecular complexity index is 837. The van der Waals surface area contributed by atoms with Crippen molar-refractivity contribution < 1.29 is 14.2 Å². The zero-order chi connectivity index (χ0) is 15.8. The zero-order valence-electron chi connectivity index (χ0n) is 12.8. The van der Waals surface area contributed by atoms with Crippen molar-refractivity contribution in [2.45, 2.75) is 17.8 Å². The minimum atomic E-state index is 0.268. The van der Waals surface area contributed by atoms with Gasteiger partial charge in [-0.05, 0) is 13.0 Å². The molecule has 118 valence electrons. The summed E-state index contributed by atoms with van der Waals surface area (Å²) in [4.78, 5) is 12.3. The van der Waals surface area contributed by atoms with E-state index in [1.54, 1.807) is 25.1 Å². The van der Waals surface area contributed by atoms with Gasteiger partial charge in [0, 0.05) is 29.6 Å². The van der Waals surface area contributed by atoms with E-state index in [-0.39, 0.29) is 6.79 Å². The van der Waals surface area contributed by atoms with Crippen LogP contribution in [0.1, 0.15) is 11.3 Å². The maximum atomic E-state index is 5.39. The van der Waals surface area contributed by atoms with Crippen LogP contribution in [0.15, 0.2) is 29.6 Å². The van der Waals surface area contributed by atoms with Gasteiger partial charge in [0.15, 0.2) is 16.7 Å².